The fourth-order valence-electron chi connectivity index (χ4n) is 4.11. The van der Waals surface area contributed by atoms with Gasteiger partial charge in [-0.05, 0) is 73.0 Å². The summed E-state index contributed by atoms with van der Waals surface area (Å²) in [4.78, 5) is 28.1. The Kier molecular flexibility index (Phi) is 6.35. The zero-order valence-electron chi connectivity index (χ0n) is 19.3. The molecule has 1 aliphatic heterocycles. The van der Waals surface area contributed by atoms with Crippen molar-refractivity contribution in [2.45, 2.75) is 19.9 Å². The van der Waals surface area contributed by atoms with Crippen LogP contribution in [0.4, 0.5) is 5.69 Å². The molecule has 0 aromatic heterocycles. The van der Waals surface area contributed by atoms with Crippen LogP contribution < -0.4 is 14.4 Å². The molecule has 0 aliphatic carbocycles. The molecule has 1 heterocycles. The molecule has 0 bridgehead atoms. The Morgan fingerprint density at radius 2 is 1.71 bits per heavy atom. The van der Waals surface area contributed by atoms with Crippen LogP contribution in [0.1, 0.15) is 28.3 Å². The summed E-state index contributed by atoms with van der Waals surface area (Å²) in [7, 11) is 2.99. The second kappa shape index (κ2) is 9.23. The molecule has 1 N–H and O–H groups in total. The molecule has 1 aliphatic rings. The second-order valence-electron chi connectivity index (χ2n) is 8.06. The van der Waals surface area contributed by atoms with Crippen molar-refractivity contribution in [1.29, 1.82) is 0 Å². The number of aliphatic hydroxyl groups is 1. The quantitative estimate of drug-likeness (QED) is 0.294. The number of methoxy groups -OCH3 is 2. The van der Waals surface area contributed by atoms with E-state index < -0.39 is 17.7 Å². The molecule has 4 rings (SSSR count). The molecular weight excluding hydrogens is 454 g/mol. The molecule has 1 amide bonds. The Morgan fingerprint density at radius 3 is 2.38 bits per heavy atom. The number of ketones is 1. The van der Waals surface area contributed by atoms with E-state index in [9.17, 15) is 14.7 Å². The highest BCUT2D eigenvalue weighted by atomic mass is 35.5. The van der Waals surface area contributed by atoms with Crippen LogP contribution in [-0.2, 0) is 9.59 Å². The van der Waals surface area contributed by atoms with Crippen molar-refractivity contribution in [2.24, 2.45) is 0 Å². The van der Waals surface area contributed by atoms with Crippen molar-refractivity contribution in [3.63, 3.8) is 0 Å². The number of nitrogens with zero attached hydrogens (tertiary/aromatic N) is 1. The molecule has 1 fully saturated rings. The van der Waals surface area contributed by atoms with E-state index in [2.05, 4.69) is 0 Å². The van der Waals surface area contributed by atoms with Gasteiger partial charge >= 0.3 is 0 Å². The molecule has 3 aromatic rings. The number of benzene rings is 3. The van der Waals surface area contributed by atoms with Crippen molar-refractivity contribution in [3.8, 4) is 11.5 Å². The number of amides is 1. The van der Waals surface area contributed by atoms with Gasteiger partial charge < -0.3 is 14.6 Å². The largest absolute Gasteiger partial charge is 0.507 e. The van der Waals surface area contributed by atoms with Crippen LogP contribution >= 0.6 is 11.6 Å². The van der Waals surface area contributed by atoms with Crippen molar-refractivity contribution < 1.29 is 24.2 Å². The highest BCUT2D eigenvalue weighted by Crippen LogP contribution is 2.44. The molecule has 6 nitrogen and oxygen atoms in total. The third-order valence-corrected chi connectivity index (χ3v) is 6.27. The molecule has 174 valence electrons. The Hall–Kier alpha value is -3.77. The van der Waals surface area contributed by atoms with E-state index in [1.54, 1.807) is 42.5 Å². The number of aryl methyl sites for hydroxylation is 2. The molecule has 1 unspecified atom stereocenters. The molecule has 34 heavy (non-hydrogen) atoms. The average Bonchev–Trinajstić information content (AvgIpc) is 3.10. The maximum atomic E-state index is 13.4. The second-order valence-corrected chi connectivity index (χ2v) is 8.50. The van der Waals surface area contributed by atoms with Crippen LogP contribution in [0.5, 0.6) is 11.5 Å². The van der Waals surface area contributed by atoms with Gasteiger partial charge in [0.2, 0.25) is 0 Å². The lowest BCUT2D eigenvalue weighted by atomic mass is 9.94. The van der Waals surface area contributed by atoms with Gasteiger partial charge in [0, 0.05) is 10.7 Å². The molecule has 3 aromatic carbocycles. The zero-order valence-corrected chi connectivity index (χ0v) is 20.0. The van der Waals surface area contributed by atoms with Gasteiger partial charge in [0.1, 0.15) is 17.3 Å². The summed E-state index contributed by atoms with van der Waals surface area (Å²) in [6.07, 6.45) is 0. The Balaban J connectivity index is 2.01. The van der Waals surface area contributed by atoms with Crippen LogP contribution in [0, 0.1) is 13.8 Å². The summed E-state index contributed by atoms with van der Waals surface area (Å²) in [5.74, 6) is -1.02. The number of Topliss-reactive ketones (excluding diaryl/α,β-unsaturated/α-hetero) is 1. The van der Waals surface area contributed by atoms with E-state index in [-0.39, 0.29) is 16.9 Å². The summed E-state index contributed by atoms with van der Waals surface area (Å²) in [5.41, 5.74) is 3.36. The molecule has 7 heteroatoms. The average molecular weight is 478 g/mol. The first-order valence-corrected chi connectivity index (χ1v) is 11.0. The summed E-state index contributed by atoms with van der Waals surface area (Å²) < 4.78 is 10.8. The number of ether oxygens (including phenoxy) is 2. The molecule has 0 radical (unpaired) electrons. The van der Waals surface area contributed by atoms with Crippen molar-refractivity contribution >= 4 is 34.7 Å². The van der Waals surface area contributed by atoms with Crippen LogP contribution in [0.15, 0.2) is 66.2 Å². The predicted octanol–water partition coefficient (Wildman–Crippen LogP) is 5.60. The fraction of sp³-hybridized carbons (Fsp3) is 0.185. The smallest absolute Gasteiger partial charge is 0.300 e. The normalized spacial score (nSPS) is 17.2. The first kappa shape index (κ1) is 23.4. The summed E-state index contributed by atoms with van der Waals surface area (Å²) in [6, 6.07) is 16.4. The zero-order chi connectivity index (χ0) is 24.6. The number of aliphatic hydroxyl groups excluding tert-OH is 1. The first-order chi connectivity index (χ1) is 16.3. The lowest BCUT2D eigenvalue weighted by Gasteiger charge is -2.26. The van der Waals surface area contributed by atoms with E-state index in [4.69, 9.17) is 21.1 Å². The monoisotopic (exact) mass is 477 g/mol. The minimum absolute atomic E-state index is 0.0583. The highest BCUT2D eigenvalue weighted by molar-refractivity contribution is 6.51. The number of hydrogen-bond donors (Lipinski definition) is 1. The third-order valence-electron chi connectivity index (χ3n) is 6.04. The number of carbonyl (C=O) groups excluding carboxylic acids is 2. The van der Waals surface area contributed by atoms with Crippen LogP contribution in [0.2, 0.25) is 5.02 Å². The number of anilines is 1. The maximum absolute atomic E-state index is 13.4. The SMILES string of the molecule is COc1cccc(C2/C(=C(\O)c3cc(Cl)ccc3OC)C(=O)C(=O)N2c2ccc(C)c(C)c2)c1. The van der Waals surface area contributed by atoms with Crippen molar-refractivity contribution in [3.05, 3.63) is 93.5 Å². The third kappa shape index (κ3) is 4.01. The van der Waals surface area contributed by atoms with E-state index in [1.165, 1.54) is 25.2 Å². The highest BCUT2D eigenvalue weighted by Gasteiger charge is 2.47. The summed E-state index contributed by atoms with van der Waals surface area (Å²) in [6.45, 7) is 3.91. The lowest BCUT2D eigenvalue weighted by molar-refractivity contribution is -0.132. The molecule has 0 spiro atoms. The van der Waals surface area contributed by atoms with Crippen molar-refractivity contribution in [1.82, 2.24) is 0 Å². The number of hydrogen-bond acceptors (Lipinski definition) is 5. The molecule has 1 saturated heterocycles. The minimum atomic E-state index is -0.888. The Labute approximate surface area is 203 Å². The van der Waals surface area contributed by atoms with Crippen LogP contribution in [0.3, 0.4) is 0 Å². The number of carbonyl (C=O) groups is 2. The molecular formula is C27H24ClNO5. The van der Waals surface area contributed by atoms with Gasteiger partial charge in [-0.1, -0.05) is 29.8 Å². The predicted molar refractivity (Wildman–Crippen MR) is 132 cm³/mol. The summed E-state index contributed by atoms with van der Waals surface area (Å²) in [5, 5.41) is 11.7. The standard InChI is InChI=1S/C27H24ClNO5/c1-15-8-10-19(12-16(15)2)29-24(17-6-5-7-20(13-17)33-3)23(26(31)27(29)32)25(30)21-14-18(28)9-11-22(21)34-4/h5-14,24,30H,1-4H3/b25-23+. The molecule has 0 saturated carbocycles. The maximum Gasteiger partial charge on any atom is 0.300 e. The van der Waals surface area contributed by atoms with Gasteiger partial charge in [-0.2, -0.15) is 0 Å². The lowest BCUT2D eigenvalue weighted by Crippen LogP contribution is -2.29. The van der Waals surface area contributed by atoms with Gasteiger partial charge in [0.15, 0.2) is 0 Å². The minimum Gasteiger partial charge on any atom is -0.507 e. The van der Waals surface area contributed by atoms with E-state index in [1.807, 2.05) is 26.0 Å². The van der Waals surface area contributed by atoms with Crippen LogP contribution in [-0.4, -0.2) is 31.0 Å². The fourth-order valence-corrected chi connectivity index (χ4v) is 4.28. The van der Waals surface area contributed by atoms with Gasteiger partial charge in [0.05, 0.1) is 31.4 Å². The first-order valence-electron chi connectivity index (χ1n) is 10.6. The van der Waals surface area contributed by atoms with E-state index in [0.717, 1.165) is 11.1 Å². The van der Waals surface area contributed by atoms with Gasteiger partial charge in [-0.3, -0.25) is 14.5 Å². The number of rotatable bonds is 5. The van der Waals surface area contributed by atoms with E-state index >= 15 is 0 Å². The number of halogens is 1. The van der Waals surface area contributed by atoms with Crippen LogP contribution in [0.25, 0.3) is 5.76 Å². The molecule has 1 atom stereocenters. The summed E-state index contributed by atoms with van der Waals surface area (Å²) >= 11 is 6.17. The Morgan fingerprint density at radius 1 is 0.941 bits per heavy atom. The Bertz CT molecular complexity index is 1330. The van der Waals surface area contributed by atoms with Gasteiger partial charge in [-0.25, -0.2) is 0 Å². The van der Waals surface area contributed by atoms with Gasteiger partial charge in [0.25, 0.3) is 11.7 Å². The van der Waals surface area contributed by atoms with E-state index in [0.29, 0.717) is 27.8 Å². The topological polar surface area (TPSA) is 76.1 Å². The van der Waals surface area contributed by atoms with Crippen molar-refractivity contribution in [2.75, 3.05) is 19.1 Å². The van der Waals surface area contributed by atoms with Gasteiger partial charge in [-0.15, -0.1) is 0 Å².